The second-order valence-corrected chi connectivity index (χ2v) is 6.55. The predicted octanol–water partition coefficient (Wildman–Crippen LogP) is 2.95. The lowest BCUT2D eigenvalue weighted by Gasteiger charge is -2.14. The van der Waals surface area contributed by atoms with Gasteiger partial charge >= 0.3 is 0 Å². The molecular formula is C18H21ClN4O. The molecule has 1 heterocycles. The van der Waals surface area contributed by atoms with Crippen molar-refractivity contribution in [1.82, 2.24) is 10.9 Å². The van der Waals surface area contributed by atoms with Crippen LogP contribution in [-0.4, -0.2) is 26.0 Å². The van der Waals surface area contributed by atoms with Crippen molar-refractivity contribution < 1.29 is 4.79 Å². The summed E-state index contributed by atoms with van der Waals surface area (Å²) in [6.45, 7) is 0. The number of amides is 1. The fourth-order valence-electron chi connectivity index (χ4n) is 2.71. The summed E-state index contributed by atoms with van der Waals surface area (Å²) in [5.41, 5.74) is 9.24. The zero-order valence-corrected chi connectivity index (χ0v) is 14.5. The number of carbonyl (C=O) groups is 1. The zero-order valence-electron chi connectivity index (χ0n) is 13.7. The molecule has 6 heteroatoms. The van der Waals surface area contributed by atoms with E-state index in [1.165, 1.54) is 0 Å². The summed E-state index contributed by atoms with van der Waals surface area (Å²) in [5, 5.41) is 3.66. The van der Waals surface area contributed by atoms with Crippen molar-refractivity contribution in [2.24, 2.45) is 0 Å². The van der Waals surface area contributed by atoms with Crippen LogP contribution in [0.5, 0.6) is 0 Å². The van der Waals surface area contributed by atoms with Crippen LogP contribution in [-0.2, 0) is 4.79 Å². The monoisotopic (exact) mass is 344 g/mol. The minimum absolute atomic E-state index is 0.0448. The number of nitrogens with one attached hydrogen (secondary N) is 3. The van der Waals surface area contributed by atoms with E-state index >= 15 is 0 Å². The molecule has 24 heavy (non-hydrogen) atoms. The maximum absolute atomic E-state index is 12.4. The van der Waals surface area contributed by atoms with Crippen molar-refractivity contribution in [3.05, 3.63) is 59.1 Å². The van der Waals surface area contributed by atoms with Gasteiger partial charge in [-0.2, -0.15) is 0 Å². The first-order valence-corrected chi connectivity index (χ1v) is 8.25. The molecule has 1 fully saturated rings. The summed E-state index contributed by atoms with van der Waals surface area (Å²) in [6.07, 6.45) is 0.684. The van der Waals surface area contributed by atoms with Gasteiger partial charge in [0.05, 0.1) is 0 Å². The highest BCUT2D eigenvalue weighted by Crippen LogP contribution is 2.24. The van der Waals surface area contributed by atoms with Crippen molar-refractivity contribution in [3.8, 4) is 0 Å². The van der Waals surface area contributed by atoms with Gasteiger partial charge in [0.2, 0.25) is 5.91 Å². The lowest BCUT2D eigenvalue weighted by Crippen LogP contribution is -2.39. The van der Waals surface area contributed by atoms with E-state index in [4.69, 9.17) is 11.6 Å². The number of nitrogens with zero attached hydrogens (tertiary/aromatic N) is 1. The maximum Gasteiger partial charge on any atom is 0.242 e. The minimum atomic E-state index is -0.279. The molecule has 5 nitrogen and oxygen atoms in total. The lowest BCUT2D eigenvalue weighted by molar-refractivity contribution is -0.117. The van der Waals surface area contributed by atoms with Crippen LogP contribution in [0.25, 0.3) is 0 Å². The largest absolute Gasteiger partial charge is 0.378 e. The number of benzene rings is 2. The summed E-state index contributed by atoms with van der Waals surface area (Å²) in [5.74, 6) is -0.0448. The van der Waals surface area contributed by atoms with Crippen LogP contribution in [0.15, 0.2) is 48.5 Å². The van der Waals surface area contributed by atoms with Gasteiger partial charge in [-0.05, 0) is 48.4 Å². The van der Waals surface area contributed by atoms with Crippen molar-refractivity contribution in [2.75, 3.05) is 24.3 Å². The highest BCUT2D eigenvalue weighted by Gasteiger charge is 2.30. The Morgan fingerprint density at radius 1 is 1.08 bits per heavy atom. The Morgan fingerprint density at radius 3 is 2.38 bits per heavy atom. The van der Waals surface area contributed by atoms with E-state index in [1.807, 2.05) is 67.5 Å². The Morgan fingerprint density at radius 2 is 1.75 bits per heavy atom. The molecule has 126 valence electrons. The molecule has 1 saturated heterocycles. The fraction of sp³-hybridized carbons (Fsp3) is 0.278. The van der Waals surface area contributed by atoms with E-state index in [-0.39, 0.29) is 18.0 Å². The average molecular weight is 345 g/mol. The molecule has 0 aliphatic carbocycles. The molecule has 1 aliphatic rings. The van der Waals surface area contributed by atoms with Crippen LogP contribution in [0, 0.1) is 0 Å². The molecule has 0 radical (unpaired) electrons. The normalized spacial score (nSPS) is 20.0. The fourth-order valence-corrected chi connectivity index (χ4v) is 2.84. The van der Waals surface area contributed by atoms with Crippen molar-refractivity contribution in [1.29, 1.82) is 0 Å². The second-order valence-electron chi connectivity index (χ2n) is 6.11. The number of carbonyl (C=O) groups excluding carboxylic acids is 1. The third-order valence-corrected chi connectivity index (χ3v) is 4.40. The molecular weight excluding hydrogens is 324 g/mol. The van der Waals surface area contributed by atoms with Gasteiger partial charge in [-0.3, -0.25) is 4.79 Å². The Balaban J connectivity index is 1.59. The molecule has 3 rings (SSSR count). The van der Waals surface area contributed by atoms with Crippen LogP contribution in [0.1, 0.15) is 18.0 Å². The maximum atomic E-state index is 12.4. The third kappa shape index (κ3) is 3.87. The van der Waals surface area contributed by atoms with E-state index in [9.17, 15) is 4.79 Å². The Hall–Kier alpha value is -2.08. The molecule has 0 aromatic heterocycles. The van der Waals surface area contributed by atoms with Gasteiger partial charge in [-0.1, -0.05) is 23.7 Å². The van der Waals surface area contributed by atoms with Crippen LogP contribution < -0.4 is 21.1 Å². The summed E-state index contributed by atoms with van der Waals surface area (Å²) in [4.78, 5) is 14.4. The first-order chi connectivity index (χ1) is 11.5. The van der Waals surface area contributed by atoms with Crippen molar-refractivity contribution in [2.45, 2.75) is 18.5 Å². The molecule has 0 spiro atoms. The first-order valence-electron chi connectivity index (χ1n) is 7.88. The Labute approximate surface area is 147 Å². The molecule has 3 N–H and O–H groups in total. The van der Waals surface area contributed by atoms with E-state index < -0.39 is 0 Å². The van der Waals surface area contributed by atoms with Gasteiger partial charge in [0.15, 0.2) is 0 Å². The summed E-state index contributed by atoms with van der Waals surface area (Å²) in [6, 6.07) is 15.3. The molecule has 2 aromatic rings. The van der Waals surface area contributed by atoms with Gasteiger partial charge in [0.1, 0.15) is 6.04 Å². The lowest BCUT2D eigenvalue weighted by atomic mass is 10.0. The van der Waals surface area contributed by atoms with Gasteiger partial charge in [0, 0.05) is 36.5 Å². The number of hydrogen-bond donors (Lipinski definition) is 3. The standard InChI is InChI=1S/C18H21ClN4O/c1-23(2)15-9-7-14(8-10-15)20-18(24)17-11-16(21-22-17)12-3-5-13(19)6-4-12/h3-10,16-17,21-22H,11H2,1-2H3,(H,20,24). The summed E-state index contributed by atoms with van der Waals surface area (Å²) >= 11 is 5.92. The molecule has 2 atom stereocenters. The summed E-state index contributed by atoms with van der Waals surface area (Å²) < 4.78 is 0. The SMILES string of the molecule is CN(C)c1ccc(NC(=O)C2CC(c3ccc(Cl)cc3)NN2)cc1. The quantitative estimate of drug-likeness (QED) is 0.798. The van der Waals surface area contributed by atoms with Gasteiger partial charge in [0.25, 0.3) is 0 Å². The molecule has 0 saturated carbocycles. The van der Waals surface area contributed by atoms with Crippen molar-refractivity contribution >= 4 is 28.9 Å². The second kappa shape index (κ2) is 7.21. The van der Waals surface area contributed by atoms with Crippen LogP contribution in [0.4, 0.5) is 11.4 Å². The molecule has 2 aromatic carbocycles. The highest BCUT2D eigenvalue weighted by atomic mass is 35.5. The topological polar surface area (TPSA) is 56.4 Å². The van der Waals surface area contributed by atoms with Crippen LogP contribution in [0.2, 0.25) is 5.02 Å². The van der Waals surface area contributed by atoms with E-state index in [0.29, 0.717) is 11.4 Å². The number of anilines is 2. The van der Waals surface area contributed by atoms with E-state index in [1.54, 1.807) is 0 Å². The average Bonchev–Trinajstić information content (AvgIpc) is 3.06. The molecule has 2 unspecified atom stereocenters. The van der Waals surface area contributed by atoms with Crippen LogP contribution >= 0.6 is 11.6 Å². The molecule has 1 aliphatic heterocycles. The summed E-state index contributed by atoms with van der Waals surface area (Å²) in [7, 11) is 3.97. The Kier molecular flexibility index (Phi) is 5.04. The van der Waals surface area contributed by atoms with Gasteiger partial charge in [-0.15, -0.1) is 0 Å². The predicted molar refractivity (Wildman–Crippen MR) is 98.3 cm³/mol. The molecule has 0 bridgehead atoms. The van der Waals surface area contributed by atoms with E-state index in [0.717, 1.165) is 16.9 Å². The van der Waals surface area contributed by atoms with Crippen LogP contribution in [0.3, 0.4) is 0 Å². The smallest absolute Gasteiger partial charge is 0.242 e. The van der Waals surface area contributed by atoms with Crippen molar-refractivity contribution in [3.63, 3.8) is 0 Å². The van der Waals surface area contributed by atoms with Gasteiger partial charge in [-0.25, -0.2) is 10.9 Å². The molecule has 1 amide bonds. The number of hydrogen-bond acceptors (Lipinski definition) is 4. The first kappa shape index (κ1) is 16.8. The zero-order chi connectivity index (χ0) is 17.1. The minimum Gasteiger partial charge on any atom is -0.378 e. The highest BCUT2D eigenvalue weighted by molar-refractivity contribution is 6.30. The van der Waals surface area contributed by atoms with Gasteiger partial charge < -0.3 is 10.2 Å². The number of rotatable bonds is 4. The van der Waals surface area contributed by atoms with E-state index in [2.05, 4.69) is 16.2 Å². The third-order valence-electron chi connectivity index (χ3n) is 4.14. The number of halogens is 1. The number of hydrazine groups is 1. The Bertz CT molecular complexity index is 700.